The molecule has 78 valence electrons. The SMILES string of the molecule is C=C/C(C)=C(\C=C)Sc1ccccc1C. The normalized spacial score (nSPS) is 11.9. The fourth-order valence-electron chi connectivity index (χ4n) is 1.17. The van der Waals surface area contributed by atoms with Crippen molar-refractivity contribution in [3.63, 3.8) is 0 Å². The van der Waals surface area contributed by atoms with Crippen molar-refractivity contribution in [3.05, 3.63) is 65.6 Å². The number of rotatable bonds is 4. The molecule has 0 radical (unpaired) electrons. The van der Waals surface area contributed by atoms with Gasteiger partial charge >= 0.3 is 0 Å². The third-order valence-electron chi connectivity index (χ3n) is 2.19. The fourth-order valence-corrected chi connectivity index (χ4v) is 2.11. The highest BCUT2D eigenvalue weighted by molar-refractivity contribution is 8.03. The molecule has 0 nitrogen and oxygen atoms in total. The zero-order valence-electron chi connectivity index (χ0n) is 9.29. The predicted molar refractivity (Wildman–Crippen MR) is 70.1 cm³/mol. The summed E-state index contributed by atoms with van der Waals surface area (Å²) in [6, 6.07) is 8.35. The number of hydrogen-bond acceptors (Lipinski definition) is 1. The van der Waals surface area contributed by atoms with Crippen molar-refractivity contribution in [3.8, 4) is 0 Å². The Morgan fingerprint density at radius 3 is 2.40 bits per heavy atom. The van der Waals surface area contributed by atoms with E-state index < -0.39 is 0 Å². The number of allylic oxidation sites excluding steroid dienone is 3. The second kappa shape index (κ2) is 5.62. The van der Waals surface area contributed by atoms with Gasteiger partial charge in [-0.2, -0.15) is 0 Å². The average molecular weight is 216 g/mol. The van der Waals surface area contributed by atoms with Crippen LogP contribution in [-0.2, 0) is 0 Å². The van der Waals surface area contributed by atoms with Crippen LogP contribution in [0.4, 0.5) is 0 Å². The summed E-state index contributed by atoms with van der Waals surface area (Å²) >= 11 is 1.74. The van der Waals surface area contributed by atoms with E-state index in [0.29, 0.717) is 0 Å². The summed E-state index contributed by atoms with van der Waals surface area (Å²) in [5.41, 5.74) is 2.46. The maximum atomic E-state index is 3.83. The molecule has 0 heterocycles. The lowest BCUT2D eigenvalue weighted by Gasteiger charge is -2.07. The third-order valence-corrected chi connectivity index (χ3v) is 3.58. The standard InChI is InChI=1S/C14H16S/c1-5-11(3)13(6-2)15-14-10-8-7-9-12(14)4/h5-10H,1-2H2,3-4H3/b13-11+. The van der Waals surface area contributed by atoms with Gasteiger partial charge in [-0.25, -0.2) is 0 Å². The molecule has 0 fully saturated rings. The highest BCUT2D eigenvalue weighted by atomic mass is 32.2. The molecule has 0 amide bonds. The average Bonchev–Trinajstić information content (AvgIpc) is 2.27. The molecule has 15 heavy (non-hydrogen) atoms. The summed E-state index contributed by atoms with van der Waals surface area (Å²) < 4.78 is 0. The first kappa shape index (κ1) is 11.9. The topological polar surface area (TPSA) is 0 Å². The number of aryl methyl sites for hydroxylation is 1. The van der Waals surface area contributed by atoms with Crippen LogP contribution in [0.3, 0.4) is 0 Å². The molecule has 1 aromatic rings. The Morgan fingerprint density at radius 2 is 1.87 bits per heavy atom. The van der Waals surface area contributed by atoms with Crippen LogP contribution in [0.2, 0.25) is 0 Å². The molecule has 0 spiro atoms. The quantitative estimate of drug-likeness (QED) is 0.518. The lowest BCUT2D eigenvalue weighted by atomic mass is 10.2. The molecule has 0 atom stereocenters. The van der Waals surface area contributed by atoms with Gasteiger partial charge in [-0.1, -0.05) is 55.3 Å². The Morgan fingerprint density at radius 1 is 1.20 bits per heavy atom. The summed E-state index contributed by atoms with van der Waals surface area (Å²) in [6.45, 7) is 11.8. The van der Waals surface area contributed by atoms with E-state index in [1.807, 2.05) is 12.2 Å². The monoisotopic (exact) mass is 216 g/mol. The van der Waals surface area contributed by atoms with Gasteiger partial charge in [0, 0.05) is 9.80 Å². The summed E-state index contributed by atoms with van der Waals surface area (Å²) in [5, 5.41) is 0. The van der Waals surface area contributed by atoms with Crippen LogP contribution >= 0.6 is 11.8 Å². The van der Waals surface area contributed by atoms with E-state index in [4.69, 9.17) is 0 Å². The molecule has 0 aliphatic carbocycles. The molecular weight excluding hydrogens is 200 g/mol. The van der Waals surface area contributed by atoms with Crippen LogP contribution in [-0.4, -0.2) is 0 Å². The van der Waals surface area contributed by atoms with Crippen molar-refractivity contribution in [2.24, 2.45) is 0 Å². The lowest BCUT2D eigenvalue weighted by Crippen LogP contribution is -1.81. The minimum atomic E-state index is 1.17. The summed E-state index contributed by atoms with van der Waals surface area (Å²) in [5.74, 6) is 0. The second-order valence-corrected chi connectivity index (χ2v) is 4.41. The van der Waals surface area contributed by atoms with Gasteiger partial charge in [-0.15, -0.1) is 0 Å². The highest BCUT2D eigenvalue weighted by Crippen LogP contribution is 2.31. The van der Waals surface area contributed by atoms with Crippen LogP contribution < -0.4 is 0 Å². The number of thioether (sulfide) groups is 1. The minimum absolute atomic E-state index is 1.17. The summed E-state index contributed by atoms with van der Waals surface area (Å²) in [7, 11) is 0. The number of benzene rings is 1. The summed E-state index contributed by atoms with van der Waals surface area (Å²) in [6.07, 6.45) is 3.75. The maximum Gasteiger partial charge on any atom is 0.0151 e. The molecule has 0 aliphatic heterocycles. The molecule has 0 saturated carbocycles. The second-order valence-electron chi connectivity index (χ2n) is 3.32. The zero-order chi connectivity index (χ0) is 11.3. The van der Waals surface area contributed by atoms with Gasteiger partial charge in [-0.05, 0) is 31.1 Å². The van der Waals surface area contributed by atoms with Gasteiger partial charge in [0.25, 0.3) is 0 Å². The van der Waals surface area contributed by atoms with Crippen LogP contribution in [0.15, 0.2) is 64.9 Å². The third kappa shape index (κ3) is 3.14. The van der Waals surface area contributed by atoms with E-state index in [0.717, 1.165) is 0 Å². The Kier molecular flexibility index (Phi) is 4.44. The van der Waals surface area contributed by atoms with Gasteiger partial charge in [0.1, 0.15) is 0 Å². The van der Waals surface area contributed by atoms with Crippen LogP contribution in [0.25, 0.3) is 0 Å². The molecule has 0 unspecified atom stereocenters. The predicted octanol–water partition coefficient (Wildman–Crippen LogP) is 4.73. The highest BCUT2D eigenvalue weighted by Gasteiger charge is 2.01. The van der Waals surface area contributed by atoms with E-state index >= 15 is 0 Å². The van der Waals surface area contributed by atoms with Crippen LogP contribution in [0.1, 0.15) is 12.5 Å². The Balaban J connectivity index is 2.99. The molecule has 0 bridgehead atoms. The Bertz CT molecular complexity index is 400. The van der Waals surface area contributed by atoms with E-state index in [1.54, 1.807) is 11.8 Å². The van der Waals surface area contributed by atoms with Crippen LogP contribution in [0.5, 0.6) is 0 Å². The molecule has 1 heteroatoms. The molecule has 0 N–H and O–H groups in total. The maximum absolute atomic E-state index is 3.83. The van der Waals surface area contributed by atoms with Crippen molar-refractivity contribution in [2.45, 2.75) is 18.7 Å². The summed E-state index contributed by atoms with van der Waals surface area (Å²) in [4.78, 5) is 2.44. The van der Waals surface area contributed by atoms with Crippen LogP contribution in [0, 0.1) is 6.92 Å². The van der Waals surface area contributed by atoms with E-state index in [1.165, 1.54) is 20.9 Å². The molecule has 1 aromatic carbocycles. The number of hydrogen-bond donors (Lipinski definition) is 0. The van der Waals surface area contributed by atoms with Gasteiger partial charge < -0.3 is 0 Å². The Hall–Kier alpha value is -1.21. The van der Waals surface area contributed by atoms with Gasteiger partial charge in [0.15, 0.2) is 0 Å². The first-order chi connectivity index (χ1) is 7.19. The molecule has 1 rings (SSSR count). The van der Waals surface area contributed by atoms with Crippen molar-refractivity contribution < 1.29 is 0 Å². The lowest BCUT2D eigenvalue weighted by molar-refractivity contribution is 1.31. The minimum Gasteiger partial charge on any atom is -0.0988 e. The molecule has 0 saturated heterocycles. The van der Waals surface area contributed by atoms with Crippen molar-refractivity contribution in [2.75, 3.05) is 0 Å². The van der Waals surface area contributed by atoms with E-state index in [2.05, 4.69) is 51.3 Å². The first-order valence-corrected chi connectivity index (χ1v) is 5.70. The van der Waals surface area contributed by atoms with E-state index in [9.17, 15) is 0 Å². The zero-order valence-corrected chi connectivity index (χ0v) is 10.1. The molecule has 0 aromatic heterocycles. The first-order valence-electron chi connectivity index (χ1n) is 4.88. The molecular formula is C14H16S. The van der Waals surface area contributed by atoms with Gasteiger partial charge in [0.2, 0.25) is 0 Å². The largest absolute Gasteiger partial charge is 0.0988 e. The van der Waals surface area contributed by atoms with Crippen molar-refractivity contribution in [1.82, 2.24) is 0 Å². The van der Waals surface area contributed by atoms with Crippen molar-refractivity contribution in [1.29, 1.82) is 0 Å². The van der Waals surface area contributed by atoms with E-state index in [-0.39, 0.29) is 0 Å². The molecule has 0 aliphatic rings. The smallest absolute Gasteiger partial charge is 0.0151 e. The van der Waals surface area contributed by atoms with Gasteiger partial charge in [0.05, 0.1) is 0 Å². The van der Waals surface area contributed by atoms with Gasteiger partial charge in [-0.3, -0.25) is 0 Å². The fraction of sp³-hybridized carbons (Fsp3) is 0.143. The van der Waals surface area contributed by atoms with Crippen molar-refractivity contribution >= 4 is 11.8 Å². The Labute approximate surface area is 96.4 Å².